The summed E-state index contributed by atoms with van der Waals surface area (Å²) in [7, 11) is 0. The Morgan fingerprint density at radius 1 is 1.35 bits per heavy atom. The summed E-state index contributed by atoms with van der Waals surface area (Å²) < 4.78 is 5.49. The molecule has 0 spiro atoms. The van der Waals surface area contributed by atoms with Gasteiger partial charge in [0.25, 0.3) is 0 Å². The van der Waals surface area contributed by atoms with Crippen molar-refractivity contribution in [3.05, 3.63) is 18.3 Å². The fraction of sp³-hybridized carbons (Fsp3) is 0.643. The molecule has 1 rings (SSSR count). The molecule has 0 bridgehead atoms. The van der Waals surface area contributed by atoms with E-state index in [9.17, 15) is 0 Å². The van der Waals surface area contributed by atoms with Gasteiger partial charge in [-0.1, -0.05) is 26.2 Å². The fourth-order valence-corrected chi connectivity index (χ4v) is 1.79. The smallest absolute Gasteiger partial charge is 0.237 e. The molecule has 1 aromatic rings. The van der Waals surface area contributed by atoms with Crippen molar-refractivity contribution in [2.75, 3.05) is 11.9 Å². The predicted molar refractivity (Wildman–Crippen MR) is 72.6 cm³/mol. The number of unbranched alkanes of at least 4 members (excludes halogenated alkanes) is 2. The van der Waals surface area contributed by atoms with Gasteiger partial charge in [-0.25, -0.2) is 4.98 Å². The van der Waals surface area contributed by atoms with E-state index in [2.05, 4.69) is 24.1 Å². The van der Waals surface area contributed by atoms with Crippen LogP contribution in [0.25, 0.3) is 0 Å². The van der Waals surface area contributed by atoms with Gasteiger partial charge in [0.1, 0.15) is 0 Å². The van der Waals surface area contributed by atoms with Gasteiger partial charge in [-0.3, -0.25) is 0 Å². The lowest BCUT2D eigenvalue weighted by Gasteiger charge is -2.17. The highest BCUT2D eigenvalue weighted by Gasteiger charge is 2.07. The lowest BCUT2D eigenvalue weighted by atomic mass is 10.1. The molecule has 0 amide bonds. The molecule has 0 aliphatic rings. The molecule has 1 aromatic heterocycles. The third-order valence-corrected chi connectivity index (χ3v) is 2.69. The van der Waals surface area contributed by atoms with Crippen molar-refractivity contribution in [1.29, 1.82) is 0 Å². The quantitative estimate of drug-likeness (QED) is 0.696. The molecule has 0 radical (unpaired) electrons. The molecule has 1 N–H and O–H groups in total. The van der Waals surface area contributed by atoms with Crippen LogP contribution >= 0.6 is 0 Å². The Morgan fingerprint density at radius 2 is 2.18 bits per heavy atom. The largest absolute Gasteiger partial charge is 0.476 e. The first-order chi connectivity index (χ1) is 8.27. The van der Waals surface area contributed by atoms with Crippen molar-refractivity contribution in [1.82, 2.24) is 4.98 Å². The van der Waals surface area contributed by atoms with E-state index in [1.165, 1.54) is 25.7 Å². The molecule has 0 saturated carbocycles. The second-order valence-electron chi connectivity index (χ2n) is 4.33. The SMILES string of the molecule is CCCCCC(C)Nc1cccnc1OCC. The first kappa shape index (κ1) is 13.8. The molecule has 0 fully saturated rings. The lowest BCUT2D eigenvalue weighted by molar-refractivity contribution is 0.328. The maximum absolute atomic E-state index is 5.49. The molecule has 0 aromatic carbocycles. The van der Waals surface area contributed by atoms with Crippen LogP contribution in [0.3, 0.4) is 0 Å². The van der Waals surface area contributed by atoms with Crippen molar-refractivity contribution in [3.8, 4) is 5.88 Å². The summed E-state index contributed by atoms with van der Waals surface area (Å²) in [6.07, 6.45) is 6.79. The van der Waals surface area contributed by atoms with Crippen LogP contribution < -0.4 is 10.1 Å². The van der Waals surface area contributed by atoms with Crippen molar-refractivity contribution in [3.63, 3.8) is 0 Å². The van der Waals surface area contributed by atoms with E-state index in [0.29, 0.717) is 18.5 Å². The topological polar surface area (TPSA) is 34.2 Å². The molecule has 1 heterocycles. The molecule has 1 unspecified atom stereocenters. The third-order valence-electron chi connectivity index (χ3n) is 2.69. The zero-order chi connectivity index (χ0) is 12.5. The van der Waals surface area contributed by atoms with Crippen LogP contribution in [0.4, 0.5) is 5.69 Å². The average Bonchev–Trinajstić information content (AvgIpc) is 2.32. The Balaban J connectivity index is 2.48. The summed E-state index contributed by atoms with van der Waals surface area (Å²) in [5.74, 6) is 0.706. The summed E-state index contributed by atoms with van der Waals surface area (Å²) in [5.41, 5.74) is 0.998. The molecule has 1 atom stereocenters. The molecule has 3 nitrogen and oxygen atoms in total. The number of aromatic nitrogens is 1. The predicted octanol–water partition coefficient (Wildman–Crippen LogP) is 3.86. The minimum Gasteiger partial charge on any atom is -0.476 e. The van der Waals surface area contributed by atoms with Gasteiger partial charge in [-0.15, -0.1) is 0 Å². The zero-order valence-electron chi connectivity index (χ0n) is 11.2. The van der Waals surface area contributed by atoms with Gasteiger partial charge in [-0.05, 0) is 32.4 Å². The maximum atomic E-state index is 5.49. The van der Waals surface area contributed by atoms with Crippen molar-refractivity contribution >= 4 is 5.69 Å². The normalized spacial score (nSPS) is 12.2. The van der Waals surface area contributed by atoms with Crippen molar-refractivity contribution in [2.45, 2.75) is 52.5 Å². The number of hydrogen-bond donors (Lipinski definition) is 1. The monoisotopic (exact) mass is 236 g/mol. The number of anilines is 1. The maximum Gasteiger partial charge on any atom is 0.237 e. The first-order valence-electron chi connectivity index (χ1n) is 6.62. The number of nitrogens with one attached hydrogen (secondary N) is 1. The van der Waals surface area contributed by atoms with Crippen LogP contribution in [0.15, 0.2) is 18.3 Å². The minimum absolute atomic E-state index is 0.463. The molecule has 17 heavy (non-hydrogen) atoms. The van der Waals surface area contributed by atoms with E-state index in [1.807, 2.05) is 19.1 Å². The van der Waals surface area contributed by atoms with Gasteiger partial charge in [0, 0.05) is 12.2 Å². The zero-order valence-corrected chi connectivity index (χ0v) is 11.2. The van der Waals surface area contributed by atoms with E-state index >= 15 is 0 Å². The van der Waals surface area contributed by atoms with Crippen LogP contribution in [0, 0.1) is 0 Å². The van der Waals surface area contributed by atoms with Gasteiger partial charge < -0.3 is 10.1 Å². The third kappa shape index (κ3) is 5.07. The van der Waals surface area contributed by atoms with Gasteiger partial charge >= 0.3 is 0 Å². The molecular formula is C14H24N2O. The van der Waals surface area contributed by atoms with Gasteiger partial charge in [0.2, 0.25) is 5.88 Å². The Hall–Kier alpha value is -1.25. The highest BCUT2D eigenvalue weighted by molar-refractivity contribution is 5.52. The van der Waals surface area contributed by atoms with Crippen LogP contribution in [0.2, 0.25) is 0 Å². The highest BCUT2D eigenvalue weighted by Crippen LogP contribution is 2.22. The second kappa shape index (κ2) is 7.93. The highest BCUT2D eigenvalue weighted by atomic mass is 16.5. The van der Waals surface area contributed by atoms with Gasteiger partial charge in [0.05, 0.1) is 12.3 Å². The Morgan fingerprint density at radius 3 is 2.88 bits per heavy atom. The summed E-state index contributed by atoms with van der Waals surface area (Å²) >= 11 is 0. The number of rotatable bonds is 8. The minimum atomic E-state index is 0.463. The standard InChI is InChI=1S/C14H24N2O/c1-4-6-7-9-12(3)16-13-10-8-11-15-14(13)17-5-2/h8,10-12,16H,4-7,9H2,1-3H3. The van der Waals surface area contributed by atoms with E-state index in [4.69, 9.17) is 4.74 Å². The lowest BCUT2D eigenvalue weighted by Crippen LogP contribution is -2.16. The van der Waals surface area contributed by atoms with E-state index in [1.54, 1.807) is 6.20 Å². The van der Waals surface area contributed by atoms with Crippen LogP contribution in [0.5, 0.6) is 5.88 Å². The Kier molecular flexibility index (Phi) is 6.45. The summed E-state index contributed by atoms with van der Waals surface area (Å²) in [6.45, 7) is 7.06. The summed E-state index contributed by atoms with van der Waals surface area (Å²) in [4.78, 5) is 4.23. The van der Waals surface area contributed by atoms with Gasteiger partial charge in [0.15, 0.2) is 0 Å². The number of ether oxygens (including phenoxy) is 1. The Bertz CT molecular complexity index is 315. The van der Waals surface area contributed by atoms with Crippen LogP contribution in [0.1, 0.15) is 46.5 Å². The second-order valence-corrected chi connectivity index (χ2v) is 4.33. The summed E-state index contributed by atoms with van der Waals surface area (Å²) in [6, 6.07) is 4.42. The number of hydrogen-bond acceptors (Lipinski definition) is 3. The molecular weight excluding hydrogens is 212 g/mol. The van der Waals surface area contributed by atoms with Crippen molar-refractivity contribution < 1.29 is 4.74 Å². The number of nitrogens with zero attached hydrogens (tertiary/aromatic N) is 1. The van der Waals surface area contributed by atoms with Crippen molar-refractivity contribution in [2.24, 2.45) is 0 Å². The van der Waals surface area contributed by atoms with Gasteiger partial charge in [-0.2, -0.15) is 0 Å². The van der Waals surface area contributed by atoms with E-state index < -0.39 is 0 Å². The summed E-state index contributed by atoms with van der Waals surface area (Å²) in [5, 5.41) is 3.47. The molecule has 96 valence electrons. The first-order valence-corrected chi connectivity index (χ1v) is 6.62. The van der Waals surface area contributed by atoms with Crippen LogP contribution in [-0.4, -0.2) is 17.6 Å². The van der Waals surface area contributed by atoms with Crippen LogP contribution in [-0.2, 0) is 0 Å². The molecule has 0 aliphatic carbocycles. The fourth-order valence-electron chi connectivity index (χ4n) is 1.79. The van der Waals surface area contributed by atoms with E-state index in [-0.39, 0.29) is 0 Å². The molecule has 3 heteroatoms. The average molecular weight is 236 g/mol. The Labute approximate surface area is 105 Å². The molecule has 0 saturated heterocycles. The van der Waals surface area contributed by atoms with E-state index in [0.717, 1.165) is 5.69 Å². The molecule has 0 aliphatic heterocycles. The number of pyridine rings is 1.